The van der Waals surface area contributed by atoms with Gasteiger partial charge in [0.2, 0.25) is 0 Å². The summed E-state index contributed by atoms with van der Waals surface area (Å²) in [4.78, 5) is 10.8. The average Bonchev–Trinajstić information content (AvgIpc) is 2.20. The summed E-state index contributed by atoms with van der Waals surface area (Å²) in [5.41, 5.74) is 6.81. The Morgan fingerprint density at radius 2 is 2.20 bits per heavy atom. The number of aliphatic hydroxyl groups excluding tert-OH is 1. The Hall–Kier alpha value is -1.10. The van der Waals surface area contributed by atoms with Crippen molar-refractivity contribution in [3.63, 3.8) is 0 Å². The molecule has 0 spiro atoms. The number of aromatic carboxylic acids is 1. The second kappa shape index (κ2) is 4.61. The number of halogens is 1. The lowest BCUT2D eigenvalue weighted by Crippen LogP contribution is -2.15. The number of carboxylic acid groups (broad SMARTS) is 1. The summed E-state index contributed by atoms with van der Waals surface area (Å²) in [6, 6.07) is 2.48. The third-order valence-electron chi connectivity index (χ3n) is 2.13. The Bertz CT molecular complexity index is 392. The number of aliphatic hydroxyl groups is 1. The maximum atomic E-state index is 10.8. The summed E-state index contributed by atoms with van der Waals surface area (Å²) < 4.78 is 0. The molecule has 0 saturated heterocycles. The van der Waals surface area contributed by atoms with Crippen LogP contribution >= 0.6 is 11.6 Å². The molecule has 4 N–H and O–H groups in total. The zero-order valence-electron chi connectivity index (χ0n) is 8.20. The van der Waals surface area contributed by atoms with Crippen LogP contribution in [0.15, 0.2) is 12.1 Å². The average molecular weight is 230 g/mol. The lowest BCUT2D eigenvalue weighted by molar-refractivity contribution is 0.0696. The predicted molar refractivity (Wildman–Crippen MR) is 57.2 cm³/mol. The molecule has 0 radical (unpaired) electrons. The molecule has 0 saturated carbocycles. The van der Waals surface area contributed by atoms with E-state index >= 15 is 0 Å². The second-order valence-electron chi connectivity index (χ2n) is 3.29. The van der Waals surface area contributed by atoms with E-state index in [-0.39, 0.29) is 17.2 Å². The van der Waals surface area contributed by atoms with Crippen molar-refractivity contribution < 1.29 is 15.0 Å². The number of hydrogen-bond acceptors (Lipinski definition) is 3. The van der Waals surface area contributed by atoms with Crippen LogP contribution in [0.1, 0.15) is 27.5 Å². The maximum absolute atomic E-state index is 10.8. The zero-order valence-corrected chi connectivity index (χ0v) is 8.95. The normalized spacial score (nSPS) is 12.5. The van der Waals surface area contributed by atoms with E-state index in [2.05, 4.69) is 0 Å². The van der Waals surface area contributed by atoms with Crippen molar-refractivity contribution in [2.75, 3.05) is 6.61 Å². The van der Waals surface area contributed by atoms with Gasteiger partial charge >= 0.3 is 5.97 Å². The SMILES string of the molecule is Cc1cc(C(N)CO)cc(C(=O)O)c1Cl. The summed E-state index contributed by atoms with van der Waals surface area (Å²) in [6.45, 7) is 1.46. The molecule has 1 aromatic rings. The van der Waals surface area contributed by atoms with Gasteiger partial charge in [-0.15, -0.1) is 0 Å². The number of hydrogen-bond donors (Lipinski definition) is 3. The molecule has 82 valence electrons. The lowest BCUT2D eigenvalue weighted by atomic mass is 10.0. The molecule has 15 heavy (non-hydrogen) atoms. The number of carbonyl (C=O) groups is 1. The van der Waals surface area contributed by atoms with Gasteiger partial charge in [-0.3, -0.25) is 0 Å². The Labute approximate surface area is 92.3 Å². The molecule has 4 nitrogen and oxygen atoms in total. The number of aryl methyl sites for hydroxylation is 1. The number of carboxylic acids is 1. The van der Waals surface area contributed by atoms with Gasteiger partial charge in [0.1, 0.15) is 0 Å². The molecule has 1 rings (SSSR count). The van der Waals surface area contributed by atoms with E-state index in [9.17, 15) is 4.79 Å². The van der Waals surface area contributed by atoms with Gasteiger partial charge in [0, 0.05) is 0 Å². The van der Waals surface area contributed by atoms with E-state index in [1.54, 1.807) is 13.0 Å². The topological polar surface area (TPSA) is 83.5 Å². The maximum Gasteiger partial charge on any atom is 0.337 e. The van der Waals surface area contributed by atoms with E-state index in [0.29, 0.717) is 11.1 Å². The van der Waals surface area contributed by atoms with Gasteiger partial charge in [-0.1, -0.05) is 17.7 Å². The molecule has 5 heteroatoms. The van der Waals surface area contributed by atoms with Crippen molar-refractivity contribution in [2.24, 2.45) is 5.73 Å². The summed E-state index contributed by atoms with van der Waals surface area (Å²) in [5.74, 6) is -1.10. The summed E-state index contributed by atoms with van der Waals surface area (Å²) >= 11 is 5.82. The van der Waals surface area contributed by atoms with E-state index < -0.39 is 12.0 Å². The Balaban J connectivity index is 3.29. The fourth-order valence-corrected chi connectivity index (χ4v) is 1.46. The highest BCUT2D eigenvalue weighted by molar-refractivity contribution is 6.34. The van der Waals surface area contributed by atoms with E-state index in [0.717, 1.165) is 0 Å². The third kappa shape index (κ3) is 2.47. The standard InChI is InChI=1S/C10H12ClNO3/c1-5-2-6(8(12)4-13)3-7(9(5)11)10(14)15/h2-3,8,13H,4,12H2,1H3,(H,14,15). The number of benzene rings is 1. The quantitative estimate of drug-likeness (QED) is 0.730. The van der Waals surface area contributed by atoms with Crippen LogP contribution in [0, 0.1) is 6.92 Å². The smallest absolute Gasteiger partial charge is 0.337 e. The van der Waals surface area contributed by atoms with Gasteiger partial charge in [-0.2, -0.15) is 0 Å². The number of rotatable bonds is 3. The van der Waals surface area contributed by atoms with Crippen LogP contribution in [-0.4, -0.2) is 22.8 Å². The summed E-state index contributed by atoms with van der Waals surface area (Å²) in [5, 5.41) is 18.0. The first-order chi connectivity index (χ1) is 6.97. The number of nitrogens with two attached hydrogens (primary N) is 1. The van der Waals surface area contributed by atoms with Crippen molar-refractivity contribution in [2.45, 2.75) is 13.0 Å². The summed E-state index contributed by atoms with van der Waals surface area (Å²) in [6.07, 6.45) is 0. The predicted octanol–water partition coefficient (Wildman–Crippen LogP) is 1.34. The molecule has 0 bridgehead atoms. The van der Waals surface area contributed by atoms with Gasteiger partial charge in [0.15, 0.2) is 0 Å². The van der Waals surface area contributed by atoms with Gasteiger partial charge in [-0.25, -0.2) is 4.79 Å². The molecular weight excluding hydrogens is 218 g/mol. The minimum atomic E-state index is -1.10. The van der Waals surface area contributed by atoms with Crippen LogP contribution in [0.5, 0.6) is 0 Å². The van der Waals surface area contributed by atoms with Crippen LogP contribution in [0.25, 0.3) is 0 Å². The fourth-order valence-electron chi connectivity index (χ4n) is 1.27. The highest BCUT2D eigenvalue weighted by Gasteiger charge is 2.15. The molecule has 0 amide bonds. The van der Waals surface area contributed by atoms with Crippen LogP contribution in [0.2, 0.25) is 5.02 Å². The van der Waals surface area contributed by atoms with E-state index in [1.165, 1.54) is 6.07 Å². The minimum absolute atomic E-state index is 0.00978. The van der Waals surface area contributed by atoms with Crippen molar-refractivity contribution in [1.82, 2.24) is 0 Å². The van der Waals surface area contributed by atoms with Crippen molar-refractivity contribution in [3.05, 3.63) is 33.8 Å². The Morgan fingerprint density at radius 3 is 2.67 bits per heavy atom. The van der Waals surface area contributed by atoms with Crippen LogP contribution in [-0.2, 0) is 0 Å². The van der Waals surface area contributed by atoms with Crippen molar-refractivity contribution in [3.8, 4) is 0 Å². The van der Waals surface area contributed by atoms with Gasteiger partial charge in [-0.05, 0) is 24.1 Å². The highest BCUT2D eigenvalue weighted by atomic mass is 35.5. The first-order valence-corrected chi connectivity index (χ1v) is 4.75. The Morgan fingerprint density at radius 1 is 1.60 bits per heavy atom. The van der Waals surface area contributed by atoms with Crippen LogP contribution in [0.3, 0.4) is 0 Å². The molecule has 0 aromatic heterocycles. The van der Waals surface area contributed by atoms with Crippen LogP contribution in [0.4, 0.5) is 0 Å². The highest BCUT2D eigenvalue weighted by Crippen LogP contribution is 2.25. The lowest BCUT2D eigenvalue weighted by Gasteiger charge is -2.12. The fraction of sp³-hybridized carbons (Fsp3) is 0.300. The first kappa shape index (κ1) is 12.0. The molecule has 0 aliphatic heterocycles. The molecule has 1 aromatic carbocycles. The minimum Gasteiger partial charge on any atom is -0.478 e. The van der Waals surface area contributed by atoms with Gasteiger partial charge in [0.05, 0.1) is 23.2 Å². The largest absolute Gasteiger partial charge is 0.478 e. The molecule has 0 heterocycles. The van der Waals surface area contributed by atoms with Gasteiger partial charge in [0.25, 0.3) is 0 Å². The van der Waals surface area contributed by atoms with E-state index in [4.69, 9.17) is 27.5 Å². The molecule has 0 aliphatic rings. The molecular formula is C10H12ClNO3. The molecule has 0 fully saturated rings. The molecule has 0 aliphatic carbocycles. The third-order valence-corrected chi connectivity index (χ3v) is 2.63. The monoisotopic (exact) mass is 229 g/mol. The zero-order chi connectivity index (χ0) is 11.6. The Kier molecular flexibility index (Phi) is 3.68. The second-order valence-corrected chi connectivity index (χ2v) is 3.67. The summed E-state index contributed by atoms with van der Waals surface area (Å²) in [7, 11) is 0. The molecule has 1 atom stereocenters. The van der Waals surface area contributed by atoms with Crippen molar-refractivity contribution >= 4 is 17.6 Å². The van der Waals surface area contributed by atoms with E-state index in [1.807, 2.05) is 0 Å². The van der Waals surface area contributed by atoms with Crippen molar-refractivity contribution in [1.29, 1.82) is 0 Å². The van der Waals surface area contributed by atoms with Crippen LogP contribution < -0.4 is 5.73 Å². The first-order valence-electron chi connectivity index (χ1n) is 4.37. The van der Waals surface area contributed by atoms with Gasteiger partial charge < -0.3 is 15.9 Å². The molecule has 1 unspecified atom stereocenters.